The van der Waals surface area contributed by atoms with Gasteiger partial charge in [-0.2, -0.15) is 0 Å². The van der Waals surface area contributed by atoms with Crippen molar-refractivity contribution in [1.82, 2.24) is 5.32 Å². The molecular formula is C13H17Cl2NO. The average Bonchev–Trinajstić information content (AvgIpc) is 3.12. The summed E-state index contributed by atoms with van der Waals surface area (Å²) in [5.74, 6) is 0.675. The van der Waals surface area contributed by atoms with Gasteiger partial charge < -0.3 is 10.1 Å². The van der Waals surface area contributed by atoms with Crippen molar-refractivity contribution in [2.45, 2.75) is 31.7 Å². The third-order valence-electron chi connectivity index (χ3n) is 2.76. The summed E-state index contributed by atoms with van der Waals surface area (Å²) in [5, 5.41) is 4.52. The fourth-order valence-corrected chi connectivity index (χ4v) is 1.94. The van der Waals surface area contributed by atoms with E-state index < -0.39 is 0 Å². The molecule has 1 saturated carbocycles. The molecule has 0 heterocycles. The van der Waals surface area contributed by atoms with E-state index in [1.54, 1.807) is 6.07 Å². The number of halogens is 2. The molecule has 0 amide bonds. The smallest absolute Gasteiger partial charge is 0.139 e. The molecular weight excluding hydrogens is 257 g/mol. The van der Waals surface area contributed by atoms with Gasteiger partial charge in [-0.05, 0) is 44.4 Å². The van der Waals surface area contributed by atoms with E-state index in [-0.39, 0.29) is 0 Å². The zero-order chi connectivity index (χ0) is 12.1. The Morgan fingerprint density at radius 2 is 2.06 bits per heavy atom. The summed E-state index contributed by atoms with van der Waals surface area (Å²) in [4.78, 5) is 0. The first kappa shape index (κ1) is 13.0. The van der Waals surface area contributed by atoms with Gasteiger partial charge >= 0.3 is 0 Å². The highest BCUT2D eigenvalue weighted by Gasteiger charge is 2.19. The largest absolute Gasteiger partial charge is 0.492 e. The highest BCUT2D eigenvalue weighted by atomic mass is 35.5. The summed E-state index contributed by atoms with van der Waals surface area (Å²) in [5.41, 5.74) is 0. The van der Waals surface area contributed by atoms with Crippen LogP contribution in [-0.2, 0) is 0 Å². The molecule has 0 aromatic heterocycles. The van der Waals surface area contributed by atoms with E-state index in [1.165, 1.54) is 12.8 Å². The van der Waals surface area contributed by atoms with Gasteiger partial charge in [-0.3, -0.25) is 0 Å². The van der Waals surface area contributed by atoms with Crippen LogP contribution in [0, 0.1) is 0 Å². The summed E-state index contributed by atoms with van der Waals surface area (Å²) in [6, 6.07) is 6.24. The first-order chi connectivity index (χ1) is 8.27. The van der Waals surface area contributed by atoms with E-state index >= 15 is 0 Å². The molecule has 94 valence electrons. The van der Waals surface area contributed by atoms with Crippen LogP contribution >= 0.6 is 23.2 Å². The minimum Gasteiger partial charge on any atom is -0.492 e. The van der Waals surface area contributed by atoms with Crippen molar-refractivity contribution >= 4 is 23.2 Å². The highest BCUT2D eigenvalue weighted by Crippen LogP contribution is 2.31. The molecule has 17 heavy (non-hydrogen) atoms. The molecule has 0 spiro atoms. The van der Waals surface area contributed by atoms with E-state index in [2.05, 4.69) is 5.32 Å². The molecule has 1 fully saturated rings. The van der Waals surface area contributed by atoms with Gasteiger partial charge in [-0.25, -0.2) is 0 Å². The van der Waals surface area contributed by atoms with Gasteiger partial charge in [0, 0.05) is 6.04 Å². The Kier molecular flexibility index (Phi) is 4.96. The van der Waals surface area contributed by atoms with Gasteiger partial charge in [-0.15, -0.1) is 0 Å². The summed E-state index contributed by atoms with van der Waals surface area (Å²) < 4.78 is 5.60. The normalized spacial score (nSPS) is 14.9. The molecule has 0 atom stereocenters. The van der Waals surface area contributed by atoms with Crippen molar-refractivity contribution in [3.8, 4) is 5.75 Å². The second-order valence-corrected chi connectivity index (χ2v) is 5.12. The summed E-state index contributed by atoms with van der Waals surface area (Å²) >= 11 is 11.9. The molecule has 2 rings (SSSR count). The lowest BCUT2D eigenvalue weighted by Crippen LogP contribution is -2.17. The Balaban J connectivity index is 1.61. The maximum Gasteiger partial charge on any atom is 0.139 e. The third-order valence-corrected chi connectivity index (χ3v) is 3.56. The lowest BCUT2D eigenvalue weighted by atomic mass is 10.3. The fraction of sp³-hybridized carbons (Fsp3) is 0.538. The first-order valence-electron chi connectivity index (χ1n) is 6.07. The van der Waals surface area contributed by atoms with Crippen molar-refractivity contribution in [3.05, 3.63) is 28.2 Å². The van der Waals surface area contributed by atoms with Gasteiger partial charge in [0.05, 0.1) is 11.6 Å². The summed E-state index contributed by atoms with van der Waals surface area (Å²) in [6.45, 7) is 1.77. The molecule has 2 nitrogen and oxygen atoms in total. The minimum absolute atomic E-state index is 0.505. The van der Waals surface area contributed by atoms with Crippen LogP contribution in [0.5, 0.6) is 5.75 Å². The van der Waals surface area contributed by atoms with Crippen LogP contribution in [0.4, 0.5) is 0 Å². The lowest BCUT2D eigenvalue weighted by molar-refractivity contribution is 0.306. The van der Waals surface area contributed by atoms with Gasteiger partial charge in [0.25, 0.3) is 0 Å². The molecule has 0 saturated heterocycles. The molecule has 0 bridgehead atoms. The third kappa shape index (κ3) is 4.38. The van der Waals surface area contributed by atoms with Crippen molar-refractivity contribution in [1.29, 1.82) is 0 Å². The number of benzene rings is 1. The van der Waals surface area contributed by atoms with Crippen molar-refractivity contribution < 1.29 is 4.74 Å². The highest BCUT2D eigenvalue weighted by molar-refractivity contribution is 6.42. The monoisotopic (exact) mass is 273 g/mol. The molecule has 0 aliphatic heterocycles. The zero-order valence-corrected chi connectivity index (χ0v) is 11.2. The molecule has 1 N–H and O–H groups in total. The van der Waals surface area contributed by atoms with Crippen LogP contribution in [0.25, 0.3) is 0 Å². The summed E-state index contributed by atoms with van der Waals surface area (Å²) in [6.07, 6.45) is 4.85. The number of nitrogens with one attached hydrogen (secondary N) is 1. The van der Waals surface area contributed by atoms with Crippen LogP contribution in [0.1, 0.15) is 25.7 Å². The average molecular weight is 274 g/mol. The van der Waals surface area contributed by atoms with E-state index in [1.807, 2.05) is 12.1 Å². The maximum atomic E-state index is 6.01. The van der Waals surface area contributed by atoms with Crippen molar-refractivity contribution in [2.24, 2.45) is 0 Å². The van der Waals surface area contributed by atoms with Gasteiger partial charge in [0.1, 0.15) is 10.8 Å². The van der Waals surface area contributed by atoms with Crippen LogP contribution in [-0.4, -0.2) is 19.2 Å². The Bertz CT molecular complexity index is 366. The van der Waals surface area contributed by atoms with Crippen LogP contribution in [0.2, 0.25) is 10.0 Å². The summed E-state index contributed by atoms with van der Waals surface area (Å²) in [7, 11) is 0. The number of ether oxygens (including phenoxy) is 1. The number of unbranched alkanes of at least 4 members (excludes halogenated alkanes) is 1. The number of hydrogen-bond acceptors (Lipinski definition) is 2. The second kappa shape index (κ2) is 6.48. The van der Waals surface area contributed by atoms with E-state index in [9.17, 15) is 0 Å². The number of rotatable bonds is 7. The first-order valence-corrected chi connectivity index (χ1v) is 6.83. The Hall–Kier alpha value is -0.440. The van der Waals surface area contributed by atoms with Crippen LogP contribution < -0.4 is 10.1 Å². The molecule has 1 aromatic rings. The predicted octanol–water partition coefficient (Wildman–Crippen LogP) is 3.90. The topological polar surface area (TPSA) is 21.3 Å². The van der Waals surface area contributed by atoms with Gasteiger partial charge in [-0.1, -0.05) is 29.3 Å². The fourth-order valence-electron chi connectivity index (χ4n) is 1.60. The Labute approximate surface area is 112 Å². The van der Waals surface area contributed by atoms with E-state index in [4.69, 9.17) is 27.9 Å². The zero-order valence-electron chi connectivity index (χ0n) is 9.72. The Morgan fingerprint density at radius 1 is 1.24 bits per heavy atom. The molecule has 0 radical (unpaired) electrons. The molecule has 0 unspecified atom stereocenters. The van der Waals surface area contributed by atoms with Gasteiger partial charge in [0.15, 0.2) is 0 Å². The minimum atomic E-state index is 0.505. The second-order valence-electron chi connectivity index (χ2n) is 4.34. The molecule has 1 aliphatic carbocycles. The number of hydrogen-bond donors (Lipinski definition) is 1. The lowest BCUT2D eigenvalue weighted by Gasteiger charge is -2.08. The maximum absolute atomic E-state index is 6.01. The predicted molar refractivity (Wildman–Crippen MR) is 72.2 cm³/mol. The Morgan fingerprint density at radius 3 is 2.82 bits per heavy atom. The van der Waals surface area contributed by atoms with E-state index in [0.717, 1.165) is 25.4 Å². The molecule has 1 aliphatic rings. The van der Waals surface area contributed by atoms with E-state index in [0.29, 0.717) is 22.4 Å². The van der Waals surface area contributed by atoms with Gasteiger partial charge in [0.2, 0.25) is 0 Å². The quantitative estimate of drug-likeness (QED) is 0.761. The standard InChI is InChI=1S/C13H17Cl2NO/c14-11-4-3-5-12(13(11)15)17-9-2-1-8-16-10-6-7-10/h3-5,10,16H,1-2,6-9H2. The van der Waals surface area contributed by atoms with Crippen LogP contribution in [0.15, 0.2) is 18.2 Å². The molecule has 1 aromatic carbocycles. The molecule has 4 heteroatoms. The van der Waals surface area contributed by atoms with Crippen molar-refractivity contribution in [3.63, 3.8) is 0 Å². The van der Waals surface area contributed by atoms with Crippen molar-refractivity contribution in [2.75, 3.05) is 13.2 Å². The SMILES string of the molecule is Clc1cccc(OCCCCNC2CC2)c1Cl. The van der Waals surface area contributed by atoms with Crippen LogP contribution in [0.3, 0.4) is 0 Å².